The Balaban J connectivity index is 1.84. The highest BCUT2D eigenvalue weighted by Gasteiger charge is 2.16. The molecule has 1 heterocycles. The molecular weight excluding hydrogens is 306 g/mol. The van der Waals surface area contributed by atoms with E-state index >= 15 is 0 Å². The number of hydrogen-bond donors (Lipinski definition) is 1. The molecule has 2 aromatic carbocycles. The van der Waals surface area contributed by atoms with Crippen LogP contribution in [0.3, 0.4) is 0 Å². The van der Waals surface area contributed by atoms with Crippen LogP contribution in [-0.2, 0) is 6.54 Å². The fourth-order valence-electron chi connectivity index (χ4n) is 2.11. The first-order chi connectivity index (χ1) is 11.0. The maximum atomic E-state index is 13.2. The molecule has 0 radical (unpaired) electrons. The molecule has 0 saturated carbocycles. The standard InChI is InChI=1S/C16H12F2N2O3/c17-12-7-6-11(8-13(12)18)14(21)9-20-16(22)23-15(19-20)10-4-2-1-3-5-10/h1-8,14,21H,9H2/t14-/m1/s1. The molecule has 0 spiro atoms. The van der Waals surface area contributed by atoms with E-state index < -0.39 is 23.5 Å². The fraction of sp³-hybridized carbons (Fsp3) is 0.125. The average Bonchev–Trinajstić information content (AvgIpc) is 2.92. The molecule has 1 N–H and O–H groups in total. The number of rotatable bonds is 4. The van der Waals surface area contributed by atoms with Crippen LogP contribution in [0.1, 0.15) is 11.7 Å². The van der Waals surface area contributed by atoms with Crippen molar-refractivity contribution in [3.8, 4) is 11.5 Å². The fourth-order valence-corrected chi connectivity index (χ4v) is 2.11. The molecular formula is C16H12F2N2O3. The van der Waals surface area contributed by atoms with Gasteiger partial charge in [0.2, 0.25) is 5.89 Å². The van der Waals surface area contributed by atoms with Gasteiger partial charge < -0.3 is 9.52 Å². The lowest BCUT2D eigenvalue weighted by Crippen LogP contribution is -2.20. The highest BCUT2D eigenvalue weighted by atomic mass is 19.2. The van der Waals surface area contributed by atoms with Crippen molar-refractivity contribution in [2.24, 2.45) is 0 Å². The van der Waals surface area contributed by atoms with Gasteiger partial charge in [-0.2, -0.15) is 4.68 Å². The quantitative estimate of drug-likeness (QED) is 0.802. The van der Waals surface area contributed by atoms with Crippen LogP contribution in [0, 0.1) is 11.6 Å². The van der Waals surface area contributed by atoms with E-state index in [2.05, 4.69) is 5.10 Å². The summed E-state index contributed by atoms with van der Waals surface area (Å²) in [4.78, 5) is 11.8. The van der Waals surface area contributed by atoms with Gasteiger partial charge in [0.05, 0.1) is 12.6 Å². The van der Waals surface area contributed by atoms with E-state index in [0.29, 0.717) is 5.56 Å². The second kappa shape index (κ2) is 6.13. The maximum Gasteiger partial charge on any atom is 0.437 e. The molecule has 0 saturated heterocycles. The zero-order valence-electron chi connectivity index (χ0n) is 11.8. The van der Waals surface area contributed by atoms with Crippen LogP contribution in [0.25, 0.3) is 11.5 Å². The van der Waals surface area contributed by atoms with E-state index in [9.17, 15) is 18.7 Å². The van der Waals surface area contributed by atoms with Crippen molar-refractivity contribution in [2.75, 3.05) is 0 Å². The van der Waals surface area contributed by atoms with Crippen molar-refractivity contribution in [3.63, 3.8) is 0 Å². The first kappa shape index (κ1) is 15.1. The van der Waals surface area contributed by atoms with Crippen LogP contribution < -0.4 is 5.76 Å². The highest BCUT2D eigenvalue weighted by Crippen LogP contribution is 2.19. The van der Waals surface area contributed by atoms with Gasteiger partial charge in [0, 0.05) is 5.56 Å². The lowest BCUT2D eigenvalue weighted by atomic mass is 10.1. The van der Waals surface area contributed by atoms with Crippen LogP contribution in [0.2, 0.25) is 0 Å². The zero-order valence-corrected chi connectivity index (χ0v) is 11.8. The van der Waals surface area contributed by atoms with Crippen molar-refractivity contribution < 1.29 is 18.3 Å². The smallest absolute Gasteiger partial charge is 0.388 e. The minimum Gasteiger partial charge on any atom is -0.388 e. The molecule has 1 aromatic heterocycles. The van der Waals surface area contributed by atoms with E-state index in [1.54, 1.807) is 24.3 Å². The highest BCUT2D eigenvalue weighted by molar-refractivity contribution is 5.51. The third kappa shape index (κ3) is 3.19. The summed E-state index contributed by atoms with van der Waals surface area (Å²) in [6, 6.07) is 11.8. The number of halogens is 2. The summed E-state index contributed by atoms with van der Waals surface area (Å²) >= 11 is 0. The second-order valence-corrected chi connectivity index (χ2v) is 4.91. The first-order valence-electron chi connectivity index (χ1n) is 6.81. The molecule has 7 heteroatoms. The lowest BCUT2D eigenvalue weighted by molar-refractivity contribution is 0.148. The Morgan fingerprint density at radius 2 is 1.87 bits per heavy atom. The molecule has 118 valence electrons. The van der Waals surface area contributed by atoms with Crippen molar-refractivity contribution in [3.05, 3.63) is 76.3 Å². The van der Waals surface area contributed by atoms with Crippen LogP contribution in [0.4, 0.5) is 8.78 Å². The molecule has 0 aliphatic rings. The van der Waals surface area contributed by atoms with Crippen LogP contribution >= 0.6 is 0 Å². The first-order valence-corrected chi connectivity index (χ1v) is 6.81. The normalized spacial score (nSPS) is 12.3. The maximum absolute atomic E-state index is 13.2. The molecule has 23 heavy (non-hydrogen) atoms. The number of aliphatic hydroxyl groups excluding tert-OH is 1. The summed E-state index contributed by atoms with van der Waals surface area (Å²) in [5.41, 5.74) is 0.755. The van der Waals surface area contributed by atoms with Gasteiger partial charge in [-0.25, -0.2) is 13.6 Å². The summed E-state index contributed by atoms with van der Waals surface area (Å²) < 4.78 is 32.1. The predicted molar refractivity (Wildman–Crippen MR) is 77.5 cm³/mol. The van der Waals surface area contributed by atoms with Crippen molar-refractivity contribution in [2.45, 2.75) is 12.6 Å². The van der Waals surface area contributed by atoms with E-state index in [1.807, 2.05) is 6.07 Å². The van der Waals surface area contributed by atoms with Crippen LogP contribution in [-0.4, -0.2) is 14.9 Å². The van der Waals surface area contributed by atoms with Crippen molar-refractivity contribution in [1.82, 2.24) is 9.78 Å². The van der Waals surface area contributed by atoms with Gasteiger partial charge in [-0.05, 0) is 29.8 Å². The summed E-state index contributed by atoms with van der Waals surface area (Å²) in [7, 11) is 0. The van der Waals surface area contributed by atoms with E-state index in [4.69, 9.17) is 4.42 Å². The van der Waals surface area contributed by atoms with Crippen molar-refractivity contribution in [1.29, 1.82) is 0 Å². The number of aromatic nitrogens is 2. The van der Waals surface area contributed by atoms with Gasteiger partial charge in [0.1, 0.15) is 0 Å². The third-order valence-electron chi connectivity index (χ3n) is 3.30. The SMILES string of the molecule is O=c1oc(-c2ccccc2)nn1C[C@@H](O)c1ccc(F)c(F)c1. The number of aliphatic hydroxyl groups is 1. The summed E-state index contributed by atoms with van der Waals surface area (Å²) in [6.45, 7) is -0.236. The Labute approximate surface area is 129 Å². The minimum absolute atomic E-state index is 0.119. The van der Waals surface area contributed by atoms with Gasteiger partial charge in [0.15, 0.2) is 11.6 Å². The third-order valence-corrected chi connectivity index (χ3v) is 3.30. The largest absolute Gasteiger partial charge is 0.437 e. The van der Waals surface area contributed by atoms with Gasteiger partial charge in [0.25, 0.3) is 0 Å². The Bertz CT molecular complexity index is 875. The van der Waals surface area contributed by atoms with E-state index in [-0.39, 0.29) is 18.0 Å². The Morgan fingerprint density at radius 3 is 2.57 bits per heavy atom. The van der Waals surface area contributed by atoms with Gasteiger partial charge in [-0.1, -0.05) is 24.3 Å². The summed E-state index contributed by atoms with van der Waals surface area (Å²) in [5, 5.41) is 14.1. The zero-order chi connectivity index (χ0) is 16.4. The number of nitrogens with zero attached hydrogens (tertiary/aromatic N) is 2. The van der Waals surface area contributed by atoms with Gasteiger partial charge >= 0.3 is 5.76 Å². The Hall–Kier alpha value is -2.80. The molecule has 0 amide bonds. The second-order valence-electron chi connectivity index (χ2n) is 4.91. The molecule has 0 fully saturated rings. The van der Waals surface area contributed by atoms with Crippen LogP contribution in [0.15, 0.2) is 57.7 Å². The summed E-state index contributed by atoms with van der Waals surface area (Å²) in [6.07, 6.45) is -1.23. The van der Waals surface area contributed by atoms with Crippen LogP contribution in [0.5, 0.6) is 0 Å². The molecule has 1 atom stereocenters. The summed E-state index contributed by atoms with van der Waals surface area (Å²) in [5.74, 6) is -2.71. The van der Waals surface area contributed by atoms with E-state index in [1.165, 1.54) is 6.07 Å². The average molecular weight is 318 g/mol. The van der Waals surface area contributed by atoms with Gasteiger partial charge in [-0.15, -0.1) is 5.10 Å². The molecule has 3 aromatic rings. The molecule has 3 rings (SSSR count). The minimum atomic E-state index is -1.23. The molecule has 0 unspecified atom stereocenters. The lowest BCUT2D eigenvalue weighted by Gasteiger charge is -2.10. The number of hydrogen-bond acceptors (Lipinski definition) is 4. The predicted octanol–water partition coefficient (Wildman–Crippen LogP) is 2.52. The topological polar surface area (TPSA) is 68.3 Å². The molecule has 0 aliphatic heterocycles. The molecule has 0 aliphatic carbocycles. The van der Waals surface area contributed by atoms with E-state index in [0.717, 1.165) is 16.8 Å². The van der Waals surface area contributed by atoms with Crippen molar-refractivity contribution >= 4 is 0 Å². The monoisotopic (exact) mass is 318 g/mol. The Kier molecular flexibility index (Phi) is 4.03. The molecule has 0 bridgehead atoms. The number of benzene rings is 2. The Morgan fingerprint density at radius 1 is 1.13 bits per heavy atom. The molecule has 5 nitrogen and oxygen atoms in total. The van der Waals surface area contributed by atoms with Gasteiger partial charge in [-0.3, -0.25) is 0 Å².